The highest BCUT2D eigenvalue weighted by Gasteiger charge is 2.45. The van der Waals surface area contributed by atoms with Gasteiger partial charge < -0.3 is 4.90 Å². The summed E-state index contributed by atoms with van der Waals surface area (Å²) >= 11 is 1.74. The summed E-state index contributed by atoms with van der Waals surface area (Å²) in [6.45, 7) is 6.74. The van der Waals surface area contributed by atoms with Gasteiger partial charge in [-0.25, -0.2) is 0 Å². The lowest BCUT2D eigenvalue weighted by molar-refractivity contribution is -0.139. The average molecular weight is 411 g/mol. The van der Waals surface area contributed by atoms with Crippen LogP contribution in [-0.4, -0.2) is 40.1 Å². The van der Waals surface area contributed by atoms with Crippen molar-refractivity contribution >= 4 is 29.1 Å². The van der Waals surface area contributed by atoms with E-state index in [-0.39, 0.29) is 29.7 Å². The van der Waals surface area contributed by atoms with Crippen molar-refractivity contribution in [3.63, 3.8) is 0 Å². The third-order valence-electron chi connectivity index (χ3n) is 5.88. The Labute approximate surface area is 175 Å². The Hall–Kier alpha value is -2.47. The number of rotatable bonds is 5. The highest BCUT2D eigenvalue weighted by Crippen LogP contribution is 2.37. The van der Waals surface area contributed by atoms with Crippen LogP contribution >= 0.6 is 11.3 Å². The van der Waals surface area contributed by atoms with E-state index in [9.17, 15) is 14.4 Å². The molecule has 0 saturated heterocycles. The van der Waals surface area contributed by atoms with Gasteiger partial charge in [-0.2, -0.15) is 0 Å². The Balaban J connectivity index is 1.69. The largest absolute Gasteiger partial charge is 0.333 e. The first kappa shape index (κ1) is 19.8. The first-order chi connectivity index (χ1) is 13.9. The fourth-order valence-corrected chi connectivity index (χ4v) is 5.47. The lowest BCUT2D eigenvalue weighted by Gasteiger charge is -2.39. The molecule has 0 fully saturated rings. The first-order valence-corrected chi connectivity index (χ1v) is 11.2. The van der Waals surface area contributed by atoms with Crippen LogP contribution in [0.2, 0.25) is 0 Å². The molecule has 2 aromatic rings. The summed E-state index contributed by atoms with van der Waals surface area (Å²) in [6, 6.07) is 8.18. The van der Waals surface area contributed by atoms with Crippen molar-refractivity contribution in [2.24, 2.45) is 5.92 Å². The molecular formula is C23H26N2O3S. The van der Waals surface area contributed by atoms with Crippen LogP contribution in [-0.2, 0) is 11.2 Å². The second-order valence-corrected chi connectivity index (χ2v) is 9.18. The molecule has 0 aliphatic carbocycles. The number of fused-ring (bicyclic) bond motifs is 2. The number of imide groups is 1. The van der Waals surface area contributed by atoms with Gasteiger partial charge in [-0.05, 0) is 54.3 Å². The van der Waals surface area contributed by atoms with Gasteiger partial charge in [0, 0.05) is 11.4 Å². The van der Waals surface area contributed by atoms with Gasteiger partial charge in [0.15, 0.2) is 0 Å². The number of hydrogen-bond acceptors (Lipinski definition) is 4. The van der Waals surface area contributed by atoms with Crippen molar-refractivity contribution in [3.05, 3.63) is 57.3 Å². The van der Waals surface area contributed by atoms with Crippen LogP contribution in [0.5, 0.6) is 0 Å². The van der Waals surface area contributed by atoms with E-state index in [0.717, 1.165) is 12.8 Å². The monoisotopic (exact) mass is 410 g/mol. The minimum Gasteiger partial charge on any atom is -0.333 e. The maximum atomic E-state index is 13.7. The predicted octanol–water partition coefficient (Wildman–Crippen LogP) is 4.29. The SMILES string of the molecule is CCC1c2ccsc2CCN1C(=O)C(CC(C)C)N1C(=O)c2ccccc2C1=O. The van der Waals surface area contributed by atoms with E-state index < -0.39 is 6.04 Å². The van der Waals surface area contributed by atoms with Gasteiger partial charge in [0.25, 0.3) is 11.8 Å². The molecule has 0 bridgehead atoms. The van der Waals surface area contributed by atoms with Gasteiger partial charge in [-0.1, -0.05) is 32.9 Å². The lowest BCUT2D eigenvalue weighted by Crippen LogP contribution is -2.53. The second kappa shape index (κ2) is 7.75. The van der Waals surface area contributed by atoms with Crippen LogP contribution in [0.25, 0.3) is 0 Å². The zero-order chi connectivity index (χ0) is 20.7. The number of hydrogen-bond donors (Lipinski definition) is 0. The summed E-state index contributed by atoms with van der Waals surface area (Å²) < 4.78 is 0. The van der Waals surface area contributed by atoms with E-state index in [4.69, 9.17) is 0 Å². The molecule has 152 valence electrons. The molecule has 2 aliphatic heterocycles. The van der Waals surface area contributed by atoms with E-state index >= 15 is 0 Å². The molecule has 0 spiro atoms. The number of benzene rings is 1. The number of carbonyl (C=O) groups is 3. The first-order valence-electron chi connectivity index (χ1n) is 10.3. The Bertz CT molecular complexity index is 930. The topological polar surface area (TPSA) is 57.7 Å². The van der Waals surface area contributed by atoms with E-state index in [0.29, 0.717) is 24.1 Å². The Kier molecular flexibility index (Phi) is 5.30. The van der Waals surface area contributed by atoms with Crippen LogP contribution < -0.4 is 0 Å². The van der Waals surface area contributed by atoms with E-state index in [1.54, 1.807) is 35.6 Å². The van der Waals surface area contributed by atoms with Gasteiger partial charge in [-0.15, -0.1) is 11.3 Å². The smallest absolute Gasteiger partial charge is 0.262 e. The molecule has 1 aromatic heterocycles. The van der Waals surface area contributed by atoms with Crippen LogP contribution in [0, 0.1) is 5.92 Å². The lowest BCUT2D eigenvalue weighted by atomic mass is 9.94. The quantitative estimate of drug-likeness (QED) is 0.691. The van der Waals surface area contributed by atoms with Crippen molar-refractivity contribution in [1.82, 2.24) is 9.80 Å². The van der Waals surface area contributed by atoms with Crippen molar-refractivity contribution in [3.8, 4) is 0 Å². The van der Waals surface area contributed by atoms with Crippen LogP contribution in [0.3, 0.4) is 0 Å². The maximum absolute atomic E-state index is 13.7. The summed E-state index contributed by atoms with van der Waals surface area (Å²) in [5.41, 5.74) is 2.00. The van der Waals surface area contributed by atoms with Gasteiger partial charge in [-0.3, -0.25) is 19.3 Å². The standard InChI is InChI=1S/C23H26N2O3S/c1-4-18-17-10-12-29-20(17)9-11-24(18)23(28)19(13-14(2)3)25-21(26)15-7-5-6-8-16(15)22(25)27/h5-8,10,12,14,18-19H,4,9,11,13H2,1-3H3. The summed E-state index contributed by atoms with van der Waals surface area (Å²) in [7, 11) is 0. The average Bonchev–Trinajstić information content (AvgIpc) is 3.28. The Morgan fingerprint density at radius 2 is 1.79 bits per heavy atom. The Morgan fingerprint density at radius 3 is 2.38 bits per heavy atom. The minimum atomic E-state index is -0.767. The van der Waals surface area contributed by atoms with Crippen molar-refractivity contribution < 1.29 is 14.4 Å². The molecule has 2 unspecified atom stereocenters. The summed E-state index contributed by atoms with van der Waals surface area (Å²) in [5.74, 6) is -0.650. The number of amides is 3. The molecule has 0 saturated carbocycles. The number of carbonyl (C=O) groups excluding carboxylic acids is 3. The predicted molar refractivity (Wildman–Crippen MR) is 113 cm³/mol. The zero-order valence-electron chi connectivity index (χ0n) is 17.1. The molecule has 4 rings (SSSR count). The molecule has 0 N–H and O–H groups in total. The molecule has 29 heavy (non-hydrogen) atoms. The van der Waals surface area contributed by atoms with Crippen LogP contribution in [0.1, 0.15) is 70.8 Å². The third kappa shape index (κ3) is 3.29. The zero-order valence-corrected chi connectivity index (χ0v) is 17.9. The Morgan fingerprint density at radius 1 is 1.14 bits per heavy atom. The van der Waals surface area contributed by atoms with E-state index in [2.05, 4.69) is 18.4 Å². The van der Waals surface area contributed by atoms with Gasteiger partial charge >= 0.3 is 0 Å². The molecule has 1 aromatic carbocycles. The van der Waals surface area contributed by atoms with Gasteiger partial charge in [0.1, 0.15) is 6.04 Å². The molecule has 0 radical (unpaired) electrons. The van der Waals surface area contributed by atoms with Crippen LogP contribution in [0.15, 0.2) is 35.7 Å². The number of thiophene rings is 1. The highest BCUT2D eigenvalue weighted by molar-refractivity contribution is 7.10. The normalized spacial score (nSPS) is 19.5. The molecular weight excluding hydrogens is 384 g/mol. The highest BCUT2D eigenvalue weighted by atomic mass is 32.1. The fraction of sp³-hybridized carbons (Fsp3) is 0.435. The van der Waals surface area contributed by atoms with E-state index in [1.165, 1.54) is 15.3 Å². The van der Waals surface area contributed by atoms with Crippen molar-refractivity contribution in [1.29, 1.82) is 0 Å². The molecule has 2 aliphatic rings. The number of nitrogens with zero attached hydrogens (tertiary/aromatic N) is 2. The van der Waals surface area contributed by atoms with Gasteiger partial charge in [0.2, 0.25) is 5.91 Å². The van der Waals surface area contributed by atoms with Crippen LogP contribution in [0.4, 0.5) is 0 Å². The summed E-state index contributed by atoms with van der Waals surface area (Å²) in [4.78, 5) is 44.3. The molecule has 5 nitrogen and oxygen atoms in total. The second-order valence-electron chi connectivity index (χ2n) is 8.18. The molecule has 3 heterocycles. The minimum absolute atomic E-state index is 0.00217. The van der Waals surface area contributed by atoms with Crippen molar-refractivity contribution in [2.45, 2.75) is 52.1 Å². The van der Waals surface area contributed by atoms with Crippen molar-refractivity contribution in [2.75, 3.05) is 6.54 Å². The van der Waals surface area contributed by atoms with Gasteiger partial charge in [0.05, 0.1) is 17.2 Å². The van der Waals surface area contributed by atoms with E-state index in [1.807, 2.05) is 18.7 Å². The fourth-order valence-electron chi connectivity index (χ4n) is 4.55. The molecule has 3 amide bonds. The summed E-state index contributed by atoms with van der Waals surface area (Å²) in [6.07, 6.45) is 2.10. The third-order valence-corrected chi connectivity index (χ3v) is 6.88. The maximum Gasteiger partial charge on any atom is 0.262 e. The summed E-state index contributed by atoms with van der Waals surface area (Å²) in [5, 5.41) is 2.08. The molecule has 2 atom stereocenters. The molecule has 6 heteroatoms.